The van der Waals surface area contributed by atoms with Crippen LogP contribution in [0.5, 0.6) is 0 Å². The molecule has 0 fully saturated rings. The highest BCUT2D eigenvalue weighted by Crippen LogP contribution is 2.17. The van der Waals surface area contributed by atoms with E-state index in [4.69, 9.17) is 16.0 Å². The number of oxazole rings is 1. The molecule has 0 bridgehead atoms. The number of alkyl halides is 1. The molecule has 4 heteroatoms. The molecule has 0 saturated heterocycles. The fourth-order valence-electron chi connectivity index (χ4n) is 1.12. The number of nitrogens with zero attached hydrogens (tertiary/aromatic N) is 1. The van der Waals surface area contributed by atoms with Crippen LogP contribution in [0.1, 0.15) is 5.56 Å². The van der Waals surface area contributed by atoms with Crippen LogP contribution in [0, 0.1) is 0 Å². The van der Waals surface area contributed by atoms with Crippen molar-refractivity contribution >= 4 is 24.0 Å². The van der Waals surface area contributed by atoms with Gasteiger partial charge in [-0.2, -0.15) is 0 Å². The summed E-state index contributed by atoms with van der Waals surface area (Å²) in [7, 11) is 0. The van der Waals surface area contributed by atoms with Gasteiger partial charge in [-0.15, -0.1) is 24.0 Å². The van der Waals surface area contributed by atoms with Crippen molar-refractivity contribution in [2.24, 2.45) is 0 Å². The second-order valence-electron chi connectivity index (χ2n) is 2.70. The van der Waals surface area contributed by atoms with Crippen molar-refractivity contribution in [1.82, 2.24) is 4.98 Å². The molecule has 0 saturated carbocycles. The van der Waals surface area contributed by atoms with E-state index in [9.17, 15) is 0 Å². The van der Waals surface area contributed by atoms with Crippen molar-refractivity contribution < 1.29 is 4.42 Å². The SMILES string of the molecule is Cl.ClCc1ccc(-c2cocn2)cc1. The van der Waals surface area contributed by atoms with E-state index in [-0.39, 0.29) is 12.4 Å². The second-order valence-corrected chi connectivity index (χ2v) is 2.97. The van der Waals surface area contributed by atoms with Crippen molar-refractivity contribution in [2.45, 2.75) is 5.88 Å². The quantitative estimate of drug-likeness (QED) is 0.738. The van der Waals surface area contributed by atoms with Crippen LogP contribution in [0.2, 0.25) is 0 Å². The van der Waals surface area contributed by atoms with E-state index >= 15 is 0 Å². The number of hydrogen-bond donors (Lipinski definition) is 0. The first-order valence-electron chi connectivity index (χ1n) is 3.93. The van der Waals surface area contributed by atoms with Gasteiger partial charge in [-0.1, -0.05) is 24.3 Å². The molecule has 0 amide bonds. The van der Waals surface area contributed by atoms with Crippen molar-refractivity contribution in [1.29, 1.82) is 0 Å². The number of benzene rings is 1. The minimum absolute atomic E-state index is 0. The lowest BCUT2D eigenvalue weighted by atomic mass is 10.1. The third-order valence-electron chi connectivity index (χ3n) is 1.84. The Labute approximate surface area is 93.3 Å². The normalized spacial score (nSPS) is 9.50. The summed E-state index contributed by atoms with van der Waals surface area (Å²) >= 11 is 5.67. The van der Waals surface area contributed by atoms with Gasteiger partial charge in [0.1, 0.15) is 12.0 Å². The molecule has 0 N–H and O–H groups in total. The molecule has 1 aromatic heterocycles. The lowest BCUT2D eigenvalue weighted by Crippen LogP contribution is -1.79. The van der Waals surface area contributed by atoms with Crippen LogP contribution >= 0.6 is 24.0 Å². The van der Waals surface area contributed by atoms with Crippen molar-refractivity contribution in [3.63, 3.8) is 0 Å². The molecule has 74 valence electrons. The first-order valence-corrected chi connectivity index (χ1v) is 4.47. The van der Waals surface area contributed by atoms with E-state index in [1.165, 1.54) is 6.39 Å². The Morgan fingerprint density at radius 2 is 1.93 bits per heavy atom. The van der Waals surface area contributed by atoms with Crippen molar-refractivity contribution in [3.8, 4) is 11.3 Å². The van der Waals surface area contributed by atoms with E-state index in [0.717, 1.165) is 16.8 Å². The summed E-state index contributed by atoms with van der Waals surface area (Å²) in [6, 6.07) is 7.93. The van der Waals surface area contributed by atoms with E-state index in [1.54, 1.807) is 6.26 Å². The molecule has 2 rings (SSSR count). The molecule has 0 aliphatic rings. The summed E-state index contributed by atoms with van der Waals surface area (Å²) in [4.78, 5) is 4.04. The van der Waals surface area contributed by atoms with Crippen LogP contribution < -0.4 is 0 Å². The molecular formula is C10H9Cl2NO. The Kier molecular flexibility index (Phi) is 3.98. The smallest absolute Gasteiger partial charge is 0.181 e. The summed E-state index contributed by atoms with van der Waals surface area (Å²) < 4.78 is 4.89. The summed E-state index contributed by atoms with van der Waals surface area (Å²) in [5.74, 6) is 0.541. The fraction of sp³-hybridized carbons (Fsp3) is 0.100. The average Bonchev–Trinajstić information content (AvgIpc) is 2.71. The largest absolute Gasteiger partial charge is 0.451 e. The van der Waals surface area contributed by atoms with Crippen molar-refractivity contribution in [2.75, 3.05) is 0 Å². The highest BCUT2D eigenvalue weighted by molar-refractivity contribution is 6.17. The van der Waals surface area contributed by atoms with Crippen molar-refractivity contribution in [3.05, 3.63) is 42.5 Å². The van der Waals surface area contributed by atoms with Gasteiger partial charge in [0.25, 0.3) is 0 Å². The summed E-state index contributed by atoms with van der Waals surface area (Å²) in [5, 5.41) is 0. The van der Waals surface area contributed by atoms with E-state index in [0.29, 0.717) is 5.88 Å². The highest BCUT2D eigenvalue weighted by Gasteiger charge is 1.99. The Bertz CT molecular complexity index is 370. The zero-order valence-electron chi connectivity index (χ0n) is 7.31. The van der Waals surface area contributed by atoms with Gasteiger partial charge in [0.2, 0.25) is 0 Å². The molecule has 1 heterocycles. The van der Waals surface area contributed by atoms with Crippen LogP contribution in [-0.4, -0.2) is 4.98 Å². The molecule has 0 spiro atoms. The van der Waals surface area contributed by atoms with Gasteiger partial charge >= 0.3 is 0 Å². The Morgan fingerprint density at radius 3 is 2.43 bits per heavy atom. The van der Waals surface area contributed by atoms with Crippen LogP contribution in [0.25, 0.3) is 11.3 Å². The molecular weight excluding hydrogens is 221 g/mol. The number of rotatable bonds is 2. The molecule has 0 radical (unpaired) electrons. The lowest BCUT2D eigenvalue weighted by Gasteiger charge is -1.97. The summed E-state index contributed by atoms with van der Waals surface area (Å²) in [6.07, 6.45) is 3.04. The van der Waals surface area contributed by atoms with Gasteiger partial charge in [-0.3, -0.25) is 0 Å². The molecule has 2 nitrogen and oxygen atoms in total. The minimum Gasteiger partial charge on any atom is -0.451 e. The van der Waals surface area contributed by atoms with Gasteiger partial charge in [-0.25, -0.2) is 4.98 Å². The Balaban J connectivity index is 0.000000980. The third kappa shape index (κ3) is 2.28. The van der Waals surface area contributed by atoms with Gasteiger partial charge in [0.15, 0.2) is 6.39 Å². The number of halogens is 2. The predicted molar refractivity (Wildman–Crippen MR) is 58.7 cm³/mol. The zero-order chi connectivity index (χ0) is 9.10. The Hall–Kier alpha value is -0.990. The third-order valence-corrected chi connectivity index (χ3v) is 2.14. The number of hydrogen-bond acceptors (Lipinski definition) is 2. The van der Waals surface area contributed by atoms with Crippen LogP contribution in [0.4, 0.5) is 0 Å². The zero-order valence-corrected chi connectivity index (χ0v) is 8.89. The topological polar surface area (TPSA) is 26.0 Å². The van der Waals surface area contributed by atoms with Crippen LogP contribution in [-0.2, 0) is 5.88 Å². The first-order chi connectivity index (χ1) is 6.40. The van der Waals surface area contributed by atoms with Gasteiger partial charge < -0.3 is 4.42 Å². The van der Waals surface area contributed by atoms with Crippen LogP contribution in [0.3, 0.4) is 0 Å². The van der Waals surface area contributed by atoms with Gasteiger partial charge in [0, 0.05) is 11.4 Å². The first kappa shape index (κ1) is 11.1. The lowest BCUT2D eigenvalue weighted by molar-refractivity contribution is 0.558. The van der Waals surface area contributed by atoms with Gasteiger partial charge in [-0.05, 0) is 5.56 Å². The van der Waals surface area contributed by atoms with E-state index < -0.39 is 0 Å². The summed E-state index contributed by atoms with van der Waals surface area (Å²) in [6.45, 7) is 0. The summed E-state index contributed by atoms with van der Waals surface area (Å²) in [5.41, 5.74) is 3.00. The predicted octanol–water partition coefficient (Wildman–Crippen LogP) is 3.50. The second kappa shape index (κ2) is 5.03. The van der Waals surface area contributed by atoms with E-state index in [2.05, 4.69) is 4.98 Å². The van der Waals surface area contributed by atoms with Gasteiger partial charge in [0.05, 0.1) is 0 Å². The molecule has 0 unspecified atom stereocenters. The van der Waals surface area contributed by atoms with Crippen LogP contribution in [0.15, 0.2) is 41.3 Å². The monoisotopic (exact) mass is 229 g/mol. The molecule has 1 aromatic carbocycles. The van der Waals surface area contributed by atoms with E-state index in [1.807, 2.05) is 24.3 Å². The fourth-order valence-corrected chi connectivity index (χ4v) is 1.30. The molecule has 2 aromatic rings. The highest BCUT2D eigenvalue weighted by atomic mass is 35.5. The molecule has 0 aliphatic carbocycles. The average molecular weight is 230 g/mol. The molecule has 14 heavy (non-hydrogen) atoms. The minimum atomic E-state index is 0. The maximum absolute atomic E-state index is 5.67. The molecule has 0 atom stereocenters. The maximum atomic E-state index is 5.67. The molecule has 0 aliphatic heterocycles. The Morgan fingerprint density at radius 1 is 1.21 bits per heavy atom. The standard InChI is InChI=1S/C10H8ClNO.ClH/c11-5-8-1-3-9(4-2-8)10-6-13-7-12-10;/h1-4,6-7H,5H2;1H. The maximum Gasteiger partial charge on any atom is 0.181 e. The number of aromatic nitrogens is 1.